The first-order chi connectivity index (χ1) is 9.94. The molecule has 0 aromatic carbocycles. The Morgan fingerprint density at radius 1 is 1.14 bits per heavy atom. The summed E-state index contributed by atoms with van der Waals surface area (Å²) in [6.07, 6.45) is 6.81. The second-order valence-electron chi connectivity index (χ2n) is 6.25. The Bertz CT molecular complexity index is 438. The van der Waals surface area contributed by atoms with Crippen LogP contribution in [0.1, 0.15) is 32.1 Å². The fraction of sp³-hybridized carbons (Fsp3) is 0.929. The molecule has 0 unspecified atom stereocenters. The van der Waals surface area contributed by atoms with Crippen LogP contribution in [0.2, 0.25) is 0 Å². The van der Waals surface area contributed by atoms with Gasteiger partial charge in [0.15, 0.2) is 0 Å². The van der Waals surface area contributed by atoms with Crippen LogP contribution in [0.4, 0.5) is 0 Å². The minimum Gasteiger partial charge on any atom is -0.340 e. The lowest BCUT2D eigenvalue weighted by atomic mass is 10.1. The summed E-state index contributed by atoms with van der Waals surface area (Å²) in [4.78, 5) is 16.3. The lowest BCUT2D eigenvalue weighted by molar-refractivity contribution is -0.132. The summed E-state index contributed by atoms with van der Waals surface area (Å²) in [5.41, 5.74) is 0. The van der Waals surface area contributed by atoms with Gasteiger partial charge in [-0.3, -0.25) is 9.69 Å². The smallest absolute Gasteiger partial charge is 0.223 e. The van der Waals surface area contributed by atoms with E-state index in [-0.39, 0.29) is 18.9 Å². The summed E-state index contributed by atoms with van der Waals surface area (Å²) < 4.78 is 24.3. The molecular formula is C14H27N3O3S. The van der Waals surface area contributed by atoms with Gasteiger partial charge in [0.2, 0.25) is 15.9 Å². The van der Waals surface area contributed by atoms with Gasteiger partial charge in [0.05, 0.1) is 6.26 Å². The van der Waals surface area contributed by atoms with Crippen LogP contribution in [0.3, 0.4) is 0 Å². The summed E-state index contributed by atoms with van der Waals surface area (Å²) in [6.45, 7) is 4.80. The highest BCUT2D eigenvalue weighted by molar-refractivity contribution is 7.88. The van der Waals surface area contributed by atoms with Gasteiger partial charge in [-0.05, 0) is 18.8 Å². The predicted octanol–water partition coefficient (Wildman–Crippen LogP) is 0.260. The molecule has 7 heteroatoms. The van der Waals surface area contributed by atoms with Gasteiger partial charge < -0.3 is 4.90 Å². The molecule has 0 aromatic heterocycles. The number of carbonyl (C=O) groups excluding carboxylic acids is 1. The van der Waals surface area contributed by atoms with Crippen molar-refractivity contribution >= 4 is 15.9 Å². The molecule has 21 heavy (non-hydrogen) atoms. The van der Waals surface area contributed by atoms with E-state index in [0.29, 0.717) is 0 Å². The van der Waals surface area contributed by atoms with Gasteiger partial charge in [0.25, 0.3) is 0 Å². The van der Waals surface area contributed by atoms with Crippen molar-refractivity contribution in [2.75, 3.05) is 45.5 Å². The van der Waals surface area contributed by atoms with Gasteiger partial charge in [0.1, 0.15) is 0 Å². The van der Waals surface area contributed by atoms with Crippen LogP contribution >= 0.6 is 0 Å². The topological polar surface area (TPSA) is 69.7 Å². The van der Waals surface area contributed by atoms with E-state index >= 15 is 0 Å². The molecule has 122 valence electrons. The van der Waals surface area contributed by atoms with E-state index in [1.165, 1.54) is 32.2 Å². The van der Waals surface area contributed by atoms with Gasteiger partial charge in [0, 0.05) is 45.7 Å². The average Bonchev–Trinajstić information content (AvgIpc) is 2.91. The summed E-state index contributed by atoms with van der Waals surface area (Å²) in [5.74, 6) is 0.901. The van der Waals surface area contributed by atoms with Crippen molar-refractivity contribution in [2.45, 2.75) is 32.1 Å². The zero-order valence-corrected chi connectivity index (χ0v) is 13.7. The van der Waals surface area contributed by atoms with Crippen molar-refractivity contribution in [1.82, 2.24) is 14.5 Å². The number of hydrogen-bond donors (Lipinski definition) is 1. The maximum atomic E-state index is 12.0. The Labute approximate surface area is 127 Å². The fourth-order valence-electron chi connectivity index (χ4n) is 3.24. The van der Waals surface area contributed by atoms with Gasteiger partial charge >= 0.3 is 0 Å². The first-order valence-electron chi connectivity index (χ1n) is 7.89. The number of nitrogens with zero attached hydrogens (tertiary/aromatic N) is 2. The average molecular weight is 317 g/mol. The highest BCUT2D eigenvalue weighted by Crippen LogP contribution is 2.25. The molecule has 1 aliphatic heterocycles. The van der Waals surface area contributed by atoms with Crippen molar-refractivity contribution in [1.29, 1.82) is 0 Å². The molecule has 2 fully saturated rings. The van der Waals surface area contributed by atoms with Crippen molar-refractivity contribution in [3.05, 3.63) is 0 Å². The lowest BCUT2D eigenvalue weighted by Gasteiger charge is -2.36. The van der Waals surface area contributed by atoms with Crippen molar-refractivity contribution in [3.63, 3.8) is 0 Å². The summed E-state index contributed by atoms with van der Waals surface area (Å²) in [5, 5.41) is 0. The van der Waals surface area contributed by atoms with Crippen LogP contribution in [-0.2, 0) is 14.8 Å². The Morgan fingerprint density at radius 2 is 1.76 bits per heavy atom. The van der Waals surface area contributed by atoms with Gasteiger partial charge in [-0.1, -0.05) is 12.8 Å². The van der Waals surface area contributed by atoms with E-state index in [1.54, 1.807) is 0 Å². The van der Waals surface area contributed by atoms with Crippen LogP contribution < -0.4 is 4.72 Å². The molecule has 0 atom stereocenters. The van der Waals surface area contributed by atoms with Gasteiger partial charge in [-0.2, -0.15) is 0 Å². The molecule has 2 aliphatic rings. The van der Waals surface area contributed by atoms with E-state index < -0.39 is 10.0 Å². The Hall–Kier alpha value is -0.660. The number of amides is 1. The Morgan fingerprint density at radius 3 is 2.33 bits per heavy atom. The molecule has 1 N–H and O–H groups in total. The SMILES string of the molecule is CS(=O)(=O)NCCC(=O)N1CCN(CC2CCCC2)CC1. The number of piperazine rings is 1. The fourth-order valence-corrected chi connectivity index (χ4v) is 3.71. The first-order valence-corrected chi connectivity index (χ1v) is 9.78. The summed E-state index contributed by atoms with van der Waals surface area (Å²) in [7, 11) is -3.20. The van der Waals surface area contributed by atoms with Crippen LogP contribution in [-0.4, -0.2) is 69.6 Å². The second-order valence-corrected chi connectivity index (χ2v) is 8.08. The van der Waals surface area contributed by atoms with Crippen molar-refractivity contribution < 1.29 is 13.2 Å². The predicted molar refractivity (Wildman–Crippen MR) is 82.4 cm³/mol. The molecular weight excluding hydrogens is 290 g/mol. The molecule has 0 bridgehead atoms. The minimum absolute atomic E-state index is 0.0478. The molecule has 6 nitrogen and oxygen atoms in total. The van der Waals surface area contributed by atoms with E-state index in [2.05, 4.69) is 9.62 Å². The number of hydrogen-bond acceptors (Lipinski definition) is 4. The number of carbonyl (C=O) groups is 1. The first kappa shape index (κ1) is 16.7. The largest absolute Gasteiger partial charge is 0.340 e. The molecule has 1 saturated heterocycles. The van der Waals surface area contributed by atoms with Crippen LogP contribution in [0, 0.1) is 5.92 Å². The van der Waals surface area contributed by atoms with E-state index in [1.807, 2.05) is 4.90 Å². The molecule has 1 saturated carbocycles. The third-order valence-corrected chi connectivity index (χ3v) is 5.15. The van der Waals surface area contributed by atoms with Crippen molar-refractivity contribution in [3.8, 4) is 0 Å². The van der Waals surface area contributed by atoms with E-state index in [4.69, 9.17) is 0 Å². The minimum atomic E-state index is -3.20. The maximum Gasteiger partial charge on any atom is 0.223 e. The lowest BCUT2D eigenvalue weighted by Crippen LogP contribution is -2.50. The number of rotatable bonds is 6. The second kappa shape index (κ2) is 7.56. The molecule has 0 spiro atoms. The highest BCUT2D eigenvalue weighted by atomic mass is 32.2. The number of nitrogens with one attached hydrogen (secondary N) is 1. The molecule has 1 amide bonds. The summed E-state index contributed by atoms with van der Waals surface area (Å²) >= 11 is 0. The standard InChI is InChI=1S/C14H27N3O3S/c1-21(19,20)15-7-6-14(18)17-10-8-16(9-11-17)12-13-4-2-3-5-13/h13,15H,2-12H2,1H3. The Balaban J connectivity index is 1.64. The Kier molecular flexibility index (Phi) is 6.01. The third-order valence-electron chi connectivity index (χ3n) is 4.42. The van der Waals surface area contributed by atoms with E-state index in [0.717, 1.165) is 38.4 Å². The molecule has 1 aliphatic carbocycles. The van der Waals surface area contributed by atoms with E-state index in [9.17, 15) is 13.2 Å². The maximum absolute atomic E-state index is 12.0. The molecule has 0 radical (unpaired) electrons. The van der Waals surface area contributed by atoms with Crippen molar-refractivity contribution in [2.24, 2.45) is 5.92 Å². The van der Waals surface area contributed by atoms with Crippen LogP contribution in [0.15, 0.2) is 0 Å². The monoisotopic (exact) mass is 317 g/mol. The molecule has 2 rings (SSSR count). The highest BCUT2D eigenvalue weighted by Gasteiger charge is 2.24. The molecule has 0 aromatic rings. The number of sulfonamides is 1. The van der Waals surface area contributed by atoms with Crippen LogP contribution in [0.5, 0.6) is 0 Å². The zero-order valence-electron chi connectivity index (χ0n) is 12.9. The molecule has 1 heterocycles. The van der Waals surface area contributed by atoms with Crippen LogP contribution in [0.25, 0.3) is 0 Å². The quantitative estimate of drug-likeness (QED) is 0.763. The van der Waals surface area contributed by atoms with Gasteiger partial charge in [-0.25, -0.2) is 13.1 Å². The normalized spacial score (nSPS) is 21.9. The summed E-state index contributed by atoms with van der Waals surface area (Å²) in [6, 6.07) is 0. The third kappa shape index (κ3) is 5.92. The van der Waals surface area contributed by atoms with Gasteiger partial charge in [-0.15, -0.1) is 0 Å². The zero-order chi connectivity index (χ0) is 15.3.